The molecule has 1 saturated heterocycles. The number of β-amino-alcohol motifs (C(OH)–C–C–N with tert-alkyl or cyclic N) is 1. The minimum Gasteiger partial charge on any atom is -0.496 e. The van der Waals surface area contributed by atoms with Crippen molar-refractivity contribution in [3.05, 3.63) is 48.0 Å². The molecule has 1 N–H and O–H groups in total. The number of halogens is 4. The summed E-state index contributed by atoms with van der Waals surface area (Å²) in [7, 11) is 1.38. The zero-order valence-electron chi connectivity index (χ0n) is 17.9. The molecule has 2 heterocycles. The molecule has 2 aromatic rings. The highest BCUT2D eigenvalue weighted by Crippen LogP contribution is 2.44. The van der Waals surface area contributed by atoms with Crippen molar-refractivity contribution in [2.45, 2.75) is 37.5 Å². The number of anilines is 1. The van der Waals surface area contributed by atoms with E-state index in [0.29, 0.717) is 32.1 Å². The van der Waals surface area contributed by atoms with Gasteiger partial charge in [-0.25, -0.2) is 4.39 Å². The van der Waals surface area contributed by atoms with Crippen molar-refractivity contribution < 1.29 is 31.8 Å². The van der Waals surface area contributed by atoms with E-state index < -0.39 is 36.0 Å². The fraction of sp³-hybridized carbons (Fsp3) is 0.545. The number of nitrogens with zero attached hydrogens (tertiary/aromatic N) is 2. The average molecular weight is 444 g/mol. The first-order chi connectivity index (χ1) is 14.4. The lowest BCUT2D eigenvalue weighted by Gasteiger charge is -2.43. The van der Waals surface area contributed by atoms with Gasteiger partial charge >= 0.3 is 6.18 Å². The fourth-order valence-electron chi connectivity index (χ4n) is 4.23. The molecule has 1 aromatic heterocycles. The Morgan fingerprint density at radius 1 is 1.10 bits per heavy atom. The third-order valence-corrected chi connectivity index (χ3v) is 5.83. The lowest BCUT2D eigenvalue weighted by atomic mass is 9.74. The van der Waals surface area contributed by atoms with Crippen LogP contribution < -0.4 is 9.64 Å². The Hall–Kier alpha value is -2.26. The van der Waals surface area contributed by atoms with Crippen LogP contribution in [0.2, 0.25) is 0 Å². The molecule has 1 atom stereocenters. The van der Waals surface area contributed by atoms with Crippen molar-refractivity contribution >= 4 is 5.88 Å². The predicted molar refractivity (Wildman–Crippen MR) is 109 cm³/mol. The van der Waals surface area contributed by atoms with Crippen LogP contribution >= 0.6 is 0 Å². The summed E-state index contributed by atoms with van der Waals surface area (Å²) in [5.41, 5.74) is -3.89. The molecule has 0 radical (unpaired) electrons. The molecular formula is C22H28F4N2O3. The predicted octanol–water partition coefficient (Wildman–Crippen LogP) is 4.21. The summed E-state index contributed by atoms with van der Waals surface area (Å²) in [5.74, 6) is 0.376. The number of alkyl halides is 3. The van der Waals surface area contributed by atoms with Crippen LogP contribution in [0.15, 0.2) is 41.0 Å². The Balaban J connectivity index is 1.77. The highest BCUT2D eigenvalue weighted by atomic mass is 19.4. The summed E-state index contributed by atoms with van der Waals surface area (Å²) in [6.45, 7) is 4.21. The summed E-state index contributed by atoms with van der Waals surface area (Å²) in [6.07, 6.45) is -3.95. The molecule has 1 aliphatic rings. The number of benzene rings is 1. The Morgan fingerprint density at radius 2 is 1.77 bits per heavy atom. The number of furan rings is 1. The number of methoxy groups -OCH3 is 1. The van der Waals surface area contributed by atoms with E-state index in [-0.39, 0.29) is 11.3 Å². The maximum Gasteiger partial charge on any atom is 0.418 e. The topological polar surface area (TPSA) is 49.1 Å². The van der Waals surface area contributed by atoms with E-state index in [1.165, 1.54) is 19.2 Å². The zero-order valence-corrected chi connectivity index (χ0v) is 17.9. The standard InChI is InChI=1S/C22H28F4N2O3/c1-20(2,17-13-16(23)6-7-18(17)30-3)14-21(29,22(24,25)26)15-27-8-10-28(11-9-27)19-5-4-12-31-19/h4-7,12-13,29H,8-11,14-15H2,1-3H3. The fourth-order valence-corrected chi connectivity index (χ4v) is 4.23. The number of hydrogen-bond donors (Lipinski definition) is 1. The SMILES string of the molecule is COc1ccc(F)cc1C(C)(C)CC(O)(CN1CCN(c2ccco2)CC1)C(F)(F)F. The smallest absolute Gasteiger partial charge is 0.418 e. The summed E-state index contributed by atoms with van der Waals surface area (Å²) in [6, 6.07) is 7.29. The van der Waals surface area contributed by atoms with Crippen molar-refractivity contribution in [2.24, 2.45) is 0 Å². The minimum absolute atomic E-state index is 0.278. The van der Waals surface area contributed by atoms with Gasteiger partial charge in [0.05, 0.1) is 13.4 Å². The van der Waals surface area contributed by atoms with E-state index in [0.717, 1.165) is 6.07 Å². The van der Waals surface area contributed by atoms with Gasteiger partial charge in [-0.05, 0) is 36.1 Å². The average Bonchev–Trinajstić information content (AvgIpc) is 3.22. The number of aliphatic hydroxyl groups is 1. The zero-order chi connectivity index (χ0) is 22.9. The molecule has 1 unspecified atom stereocenters. The van der Waals surface area contributed by atoms with Crippen LogP contribution in [0.1, 0.15) is 25.8 Å². The van der Waals surface area contributed by atoms with E-state index in [1.807, 2.05) is 4.90 Å². The second-order valence-electron chi connectivity index (χ2n) is 8.65. The molecule has 9 heteroatoms. The number of hydrogen-bond acceptors (Lipinski definition) is 5. The largest absolute Gasteiger partial charge is 0.496 e. The first kappa shape index (κ1) is 23.4. The maximum atomic E-state index is 14.1. The van der Waals surface area contributed by atoms with Gasteiger partial charge in [-0.3, -0.25) is 4.90 Å². The Labute approximate surface area is 179 Å². The third kappa shape index (κ3) is 5.15. The highest BCUT2D eigenvalue weighted by molar-refractivity contribution is 5.40. The van der Waals surface area contributed by atoms with Crippen molar-refractivity contribution in [3.63, 3.8) is 0 Å². The maximum absolute atomic E-state index is 14.1. The van der Waals surface area contributed by atoms with E-state index in [1.54, 1.807) is 37.1 Å². The monoisotopic (exact) mass is 444 g/mol. The van der Waals surface area contributed by atoms with Gasteiger partial charge in [0.2, 0.25) is 0 Å². The van der Waals surface area contributed by atoms with Crippen LogP contribution in [0.4, 0.5) is 23.4 Å². The van der Waals surface area contributed by atoms with E-state index in [2.05, 4.69) is 0 Å². The molecule has 172 valence electrons. The lowest BCUT2D eigenvalue weighted by molar-refractivity contribution is -0.271. The minimum atomic E-state index is -4.86. The second-order valence-corrected chi connectivity index (χ2v) is 8.65. The van der Waals surface area contributed by atoms with Gasteiger partial charge in [-0.15, -0.1) is 0 Å². The molecule has 0 amide bonds. The molecule has 1 aliphatic heterocycles. The molecular weight excluding hydrogens is 416 g/mol. The molecule has 31 heavy (non-hydrogen) atoms. The van der Waals surface area contributed by atoms with Crippen LogP contribution in [0.3, 0.4) is 0 Å². The van der Waals surface area contributed by atoms with Crippen LogP contribution in [0, 0.1) is 5.82 Å². The third-order valence-electron chi connectivity index (χ3n) is 5.83. The van der Waals surface area contributed by atoms with Crippen molar-refractivity contribution in [1.82, 2.24) is 4.90 Å². The highest BCUT2D eigenvalue weighted by Gasteiger charge is 2.57. The second kappa shape index (κ2) is 8.70. The molecule has 5 nitrogen and oxygen atoms in total. The molecule has 0 aliphatic carbocycles. The molecule has 1 aromatic carbocycles. The van der Waals surface area contributed by atoms with Crippen LogP contribution in [0.25, 0.3) is 0 Å². The first-order valence-corrected chi connectivity index (χ1v) is 10.1. The van der Waals surface area contributed by atoms with Crippen molar-refractivity contribution in [3.8, 4) is 5.75 Å². The molecule has 0 bridgehead atoms. The van der Waals surface area contributed by atoms with Crippen molar-refractivity contribution in [2.75, 3.05) is 44.7 Å². The summed E-state index contributed by atoms with van der Waals surface area (Å²) in [5, 5.41) is 10.8. The van der Waals surface area contributed by atoms with Crippen LogP contribution in [-0.4, -0.2) is 61.6 Å². The van der Waals surface area contributed by atoms with E-state index in [4.69, 9.17) is 9.15 Å². The first-order valence-electron chi connectivity index (χ1n) is 10.1. The number of ether oxygens (including phenoxy) is 1. The normalized spacial score (nSPS) is 18.1. The van der Waals surface area contributed by atoms with Crippen LogP contribution in [-0.2, 0) is 5.41 Å². The number of piperazine rings is 1. The van der Waals surface area contributed by atoms with Crippen LogP contribution in [0.5, 0.6) is 5.75 Å². The summed E-state index contributed by atoms with van der Waals surface area (Å²) < 4.78 is 66.6. The molecule has 0 saturated carbocycles. The molecule has 0 spiro atoms. The number of rotatable bonds is 7. The Morgan fingerprint density at radius 3 is 2.32 bits per heavy atom. The van der Waals surface area contributed by atoms with E-state index >= 15 is 0 Å². The van der Waals surface area contributed by atoms with Gasteiger partial charge in [0.15, 0.2) is 11.5 Å². The Bertz CT molecular complexity index is 862. The van der Waals surface area contributed by atoms with E-state index in [9.17, 15) is 22.7 Å². The summed E-state index contributed by atoms with van der Waals surface area (Å²) >= 11 is 0. The van der Waals surface area contributed by atoms with Gasteiger partial charge in [0.25, 0.3) is 0 Å². The Kier molecular flexibility index (Phi) is 6.57. The lowest BCUT2D eigenvalue weighted by Crippen LogP contribution is -2.59. The quantitative estimate of drug-likeness (QED) is 0.649. The van der Waals surface area contributed by atoms with Crippen molar-refractivity contribution in [1.29, 1.82) is 0 Å². The molecule has 3 rings (SSSR count). The van der Waals surface area contributed by atoms with Gasteiger partial charge in [-0.1, -0.05) is 13.8 Å². The van der Waals surface area contributed by atoms with Gasteiger partial charge in [0.1, 0.15) is 11.6 Å². The van der Waals surface area contributed by atoms with Gasteiger partial charge in [0, 0.05) is 44.4 Å². The van der Waals surface area contributed by atoms with Gasteiger partial charge < -0.3 is 19.2 Å². The van der Waals surface area contributed by atoms with Gasteiger partial charge in [-0.2, -0.15) is 13.2 Å². The molecule has 1 fully saturated rings. The summed E-state index contributed by atoms with van der Waals surface area (Å²) in [4.78, 5) is 3.55.